The quantitative estimate of drug-likeness (QED) is 0.520. The smallest absolute Gasteiger partial charge is 0.410 e. The monoisotopic (exact) mass is 397 g/mol. The second kappa shape index (κ2) is 11.1. The third kappa shape index (κ3) is 9.60. The highest BCUT2D eigenvalue weighted by atomic mass is 32.1. The number of guanidine groups is 1. The second-order valence-corrected chi connectivity index (χ2v) is 8.85. The highest BCUT2D eigenvalue weighted by Gasteiger charge is 2.22. The Bertz CT molecular complexity index is 609. The molecular formula is C19H35N5O2S. The van der Waals surface area contributed by atoms with Gasteiger partial charge in [0, 0.05) is 50.2 Å². The number of thiazole rings is 1. The lowest BCUT2D eigenvalue weighted by Gasteiger charge is -2.28. The van der Waals surface area contributed by atoms with E-state index in [4.69, 9.17) is 4.74 Å². The topological polar surface area (TPSA) is 78.9 Å². The van der Waals surface area contributed by atoms with Crippen molar-refractivity contribution in [1.29, 1.82) is 0 Å². The maximum atomic E-state index is 12.1. The summed E-state index contributed by atoms with van der Waals surface area (Å²) in [5.74, 6) is 0.790. The number of nitrogens with zero attached hydrogens (tertiary/aromatic N) is 3. The van der Waals surface area contributed by atoms with Crippen molar-refractivity contribution >= 4 is 23.4 Å². The number of aryl methyl sites for hydroxylation is 1. The van der Waals surface area contributed by atoms with Crippen LogP contribution in [0.1, 0.15) is 50.9 Å². The van der Waals surface area contributed by atoms with Crippen molar-refractivity contribution in [3.63, 3.8) is 0 Å². The summed E-state index contributed by atoms with van der Waals surface area (Å²) in [5, 5.41) is 7.71. The zero-order valence-electron chi connectivity index (χ0n) is 17.8. The minimum Gasteiger partial charge on any atom is -0.444 e. The number of carbonyl (C=O) groups excluding carboxylic acids is 1. The summed E-state index contributed by atoms with van der Waals surface area (Å²) in [6, 6.07) is 0.0461. The van der Waals surface area contributed by atoms with Gasteiger partial charge in [0.25, 0.3) is 0 Å². The molecule has 154 valence electrons. The zero-order valence-corrected chi connectivity index (χ0v) is 18.6. The number of hydrogen-bond acceptors (Lipinski definition) is 5. The maximum Gasteiger partial charge on any atom is 0.410 e. The number of ether oxygens (including phenoxy) is 1. The third-order valence-corrected chi connectivity index (χ3v) is 4.78. The van der Waals surface area contributed by atoms with Gasteiger partial charge in [-0.15, -0.1) is 11.3 Å². The van der Waals surface area contributed by atoms with Crippen LogP contribution in [-0.2, 0) is 11.2 Å². The van der Waals surface area contributed by atoms with Gasteiger partial charge in [-0.3, -0.25) is 4.99 Å². The molecule has 27 heavy (non-hydrogen) atoms. The number of nitrogens with one attached hydrogen (secondary N) is 2. The second-order valence-electron chi connectivity index (χ2n) is 7.53. The van der Waals surface area contributed by atoms with E-state index >= 15 is 0 Å². The molecule has 1 amide bonds. The Labute approximate surface area is 167 Å². The molecule has 0 saturated carbocycles. The molecule has 0 aromatic carbocycles. The molecule has 0 saturated heterocycles. The minimum absolute atomic E-state index is 0.0461. The summed E-state index contributed by atoms with van der Waals surface area (Å²) in [6.07, 6.45) is 3.24. The Kier molecular flexibility index (Phi) is 9.55. The Morgan fingerprint density at radius 2 is 2.11 bits per heavy atom. The Balaban J connectivity index is 2.43. The molecule has 8 heteroatoms. The van der Waals surface area contributed by atoms with Gasteiger partial charge in [0.15, 0.2) is 5.96 Å². The fraction of sp³-hybridized carbons (Fsp3) is 0.737. The summed E-state index contributed by atoms with van der Waals surface area (Å²) in [6.45, 7) is 13.9. The SMILES string of the molecule is CCNC(=NCCC(C)N(C)C(=O)OC(C)(C)C)NCCc1ncc(C)s1. The molecule has 7 nitrogen and oxygen atoms in total. The Morgan fingerprint density at radius 3 is 2.67 bits per heavy atom. The number of carbonyl (C=O) groups is 1. The average molecular weight is 398 g/mol. The largest absolute Gasteiger partial charge is 0.444 e. The third-order valence-electron chi connectivity index (χ3n) is 3.80. The summed E-state index contributed by atoms with van der Waals surface area (Å²) in [4.78, 5) is 24.0. The number of hydrogen-bond donors (Lipinski definition) is 2. The Morgan fingerprint density at radius 1 is 1.41 bits per heavy atom. The van der Waals surface area contributed by atoms with E-state index in [9.17, 15) is 4.79 Å². The molecule has 1 unspecified atom stereocenters. The lowest BCUT2D eigenvalue weighted by molar-refractivity contribution is 0.0231. The van der Waals surface area contributed by atoms with Gasteiger partial charge in [-0.25, -0.2) is 9.78 Å². The van der Waals surface area contributed by atoms with E-state index in [0.717, 1.165) is 36.9 Å². The minimum atomic E-state index is -0.485. The van der Waals surface area contributed by atoms with Crippen molar-refractivity contribution in [2.45, 2.75) is 66.0 Å². The fourth-order valence-corrected chi connectivity index (χ4v) is 3.00. The van der Waals surface area contributed by atoms with Crippen LogP contribution < -0.4 is 10.6 Å². The van der Waals surface area contributed by atoms with Crippen molar-refractivity contribution in [3.05, 3.63) is 16.1 Å². The van der Waals surface area contributed by atoms with E-state index < -0.39 is 5.60 Å². The predicted molar refractivity (Wildman–Crippen MR) is 113 cm³/mol. The van der Waals surface area contributed by atoms with E-state index in [1.807, 2.05) is 40.8 Å². The van der Waals surface area contributed by atoms with E-state index in [0.29, 0.717) is 6.54 Å². The van der Waals surface area contributed by atoms with Gasteiger partial charge in [-0.1, -0.05) is 0 Å². The molecule has 0 fully saturated rings. The highest BCUT2D eigenvalue weighted by Crippen LogP contribution is 2.12. The number of aliphatic imine (C=N–C) groups is 1. The van der Waals surface area contributed by atoms with Gasteiger partial charge >= 0.3 is 6.09 Å². The van der Waals surface area contributed by atoms with Crippen LogP contribution in [-0.4, -0.2) is 60.3 Å². The van der Waals surface area contributed by atoms with Crippen molar-refractivity contribution in [2.75, 3.05) is 26.7 Å². The molecule has 0 radical (unpaired) electrons. The van der Waals surface area contributed by atoms with Gasteiger partial charge in [-0.05, 0) is 48.0 Å². The molecule has 2 N–H and O–H groups in total. The molecule has 1 atom stereocenters. The first kappa shape index (κ1) is 23.2. The van der Waals surface area contributed by atoms with Crippen LogP contribution in [0, 0.1) is 6.92 Å². The van der Waals surface area contributed by atoms with Crippen LogP contribution in [0.25, 0.3) is 0 Å². The van der Waals surface area contributed by atoms with E-state index in [1.54, 1.807) is 23.3 Å². The molecule has 1 aromatic heterocycles. The average Bonchev–Trinajstić information content (AvgIpc) is 2.97. The lowest BCUT2D eigenvalue weighted by atomic mass is 10.2. The van der Waals surface area contributed by atoms with Gasteiger partial charge in [0.2, 0.25) is 0 Å². The Hall–Kier alpha value is -1.83. The van der Waals surface area contributed by atoms with Crippen molar-refractivity contribution in [3.8, 4) is 0 Å². The van der Waals surface area contributed by atoms with Crippen LogP contribution in [0.3, 0.4) is 0 Å². The van der Waals surface area contributed by atoms with E-state index in [2.05, 4.69) is 27.5 Å². The van der Waals surface area contributed by atoms with E-state index in [1.165, 1.54) is 4.88 Å². The van der Waals surface area contributed by atoms with Crippen LogP contribution in [0.5, 0.6) is 0 Å². The number of rotatable bonds is 8. The first-order chi connectivity index (χ1) is 12.6. The van der Waals surface area contributed by atoms with Crippen molar-refractivity contribution in [2.24, 2.45) is 4.99 Å². The van der Waals surface area contributed by atoms with Crippen molar-refractivity contribution in [1.82, 2.24) is 20.5 Å². The molecule has 0 bridgehead atoms. The van der Waals surface area contributed by atoms with E-state index in [-0.39, 0.29) is 12.1 Å². The zero-order chi connectivity index (χ0) is 20.4. The molecule has 0 spiro atoms. The molecular weight excluding hydrogens is 362 g/mol. The van der Waals surface area contributed by atoms with Gasteiger partial charge < -0.3 is 20.3 Å². The fourth-order valence-electron chi connectivity index (χ4n) is 2.22. The molecule has 1 heterocycles. The predicted octanol–water partition coefficient (Wildman–Crippen LogP) is 3.19. The normalized spacial score (nSPS) is 13.2. The summed E-state index contributed by atoms with van der Waals surface area (Å²) in [5.41, 5.74) is -0.485. The number of aromatic nitrogens is 1. The van der Waals surface area contributed by atoms with Gasteiger partial charge in [0.05, 0.1) is 5.01 Å². The van der Waals surface area contributed by atoms with Crippen molar-refractivity contribution < 1.29 is 9.53 Å². The van der Waals surface area contributed by atoms with Crippen LogP contribution in [0.4, 0.5) is 4.79 Å². The molecule has 1 rings (SSSR count). The summed E-state index contributed by atoms with van der Waals surface area (Å²) >= 11 is 1.72. The van der Waals surface area contributed by atoms with Crippen LogP contribution in [0.15, 0.2) is 11.2 Å². The standard InChI is InChI=1S/C19H35N5O2S/c1-8-20-17(22-12-10-16-23-13-15(3)27-16)21-11-9-14(2)24(7)18(25)26-19(4,5)6/h13-14H,8-12H2,1-7H3,(H2,20,21,22). The van der Waals surface area contributed by atoms with Gasteiger partial charge in [-0.2, -0.15) is 0 Å². The van der Waals surface area contributed by atoms with Crippen LogP contribution in [0.2, 0.25) is 0 Å². The van der Waals surface area contributed by atoms with Gasteiger partial charge in [0.1, 0.15) is 5.60 Å². The number of amides is 1. The van der Waals surface area contributed by atoms with Crippen LogP contribution >= 0.6 is 11.3 Å². The summed E-state index contributed by atoms with van der Waals surface area (Å²) < 4.78 is 5.41. The lowest BCUT2D eigenvalue weighted by Crippen LogP contribution is -2.40. The maximum absolute atomic E-state index is 12.1. The molecule has 0 aliphatic rings. The highest BCUT2D eigenvalue weighted by molar-refractivity contribution is 7.11. The summed E-state index contributed by atoms with van der Waals surface area (Å²) in [7, 11) is 1.77. The molecule has 0 aliphatic carbocycles. The molecule has 0 aliphatic heterocycles. The first-order valence-corrected chi connectivity index (χ1v) is 10.3. The molecule has 1 aromatic rings. The first-order valence-electron chi connectivity index (χ1n) is 9.51.